The van der Waals surface area contributed by atoms with E-state index in [1.54, 1.807) is 17.9 Å². The number of hydrogen-bond acceptors (Lipinski definition) is 5. The van der Waals surface area contributed by atoms with Gasteiger partial charge in [0.2, 0.25) is 0 Å². The van der Waals surface area contributed by atoms with Gasteiger partial charge in [0.1, 0.15) is 11.8 Å². The van der Waals surface area contributed by atoms with Crippen LogP contribution in [-0.4, -0.2) is 35.5 Å². The number of nitrogens with one attached hydrogen (secondary N) is 1. The highest BCUT2D eigenvalue weighted by Crippen LogP contribution is 2.12. The van der Waals surface area contributed by atoms with Crippen LogP contribution in [0.3, 0.4) is 0 Å². The van der Waals surface area contributed by atoms with E-state index in [4.69, 9.17) is 0 Å². The zero-order valence-corrected chi connectivity index (χ0v) is 7.62. The van der Waals surface area contributed by atoms with Gasteiger partial charge in [-0.3, -0.25) is 4.68 Å². The highest BCUT2D eigenvalue weighted by molar-refractivity contribution is 5.03. The molecule has 14 heavy (non-hydrogen) atoms. The van der Waals surface area contributed by atoms with Crippen molar-refractivity contribution < 1.29 is 5.11 Å². The average Bonchev–Trinajstić information content (AvgIpc) is 2.75. The largest absolute Gasteiger partial charge is 0.386 e. The molecule has 0 amide bonds. The fourth-order valence-electron chi connectivity index (χ4n) is 1.16. The van der Waals surface area contributed by atoms with E-state index in [1.807, 2.05) is 0 Å². The summed E-state index contributed by atoms with van der Waals surface area (Å²) in [6.45, 7) is 0. The van der Waals surface area contributed by atoms with Crippen molar-refractivity contribution in [2.75, 3.05) is 0 Å². The third-order valence-corrected chi connectivity index (χ3v) is 1.83. The van der Waals surface area contributed by atoms with Crippen LogP contribution in [-0.2, 0) is 13.5 Å². The Kier molecular flexibility index (Phi) is 2.23. The quantitative estimate of drug-likeness (QED) is 0.668. The van der Waals surface area contributed by atoms with Crippen molar-refractivity contribution in [3.05, 3.63) is 23.8 Å². The third-order valence-electron chi connectivity index (χ3n) is 1.83. The molecule has 1 unspecified atom stereocenters. The smallest absolute Gasteiger partial charge is 0.111 e. The minimum Gasteiger partial charge on any atom is -0.386 e. The van der Waals surface area contributed by atoms with Crippen molar-refractivity contribution in [3.63, 3.8) is 0 Å². The van der Waals surface area contributed by atoms with Crippen molar-refractivity contribution in [1.29, 1.82) is 0 Å². The Morgan fingerprint density at radius 1 is 1.64 bits per heavy atom. The summed E-state index contributed by atoms with van der Waals surface area (Å²) < 4.78 is 1.59. The van der Waals surface area contributed by atoms with E-state index in [1.165, 1.54) is 6.20 Å². The van der Waals surface area contributed by atoms with Gasteiger partial charge < -0.3 is 5.11 Å². The number of nitrogens with zero attached hydrogens (tertiary/aromatic N) is 5. The Morgan fingerprint density at radius 3 is 3.07 bits per heavy atom. The first-order valence-corrected chi connectivity index (χ1v) is 4.14. The van der Waals surface area contributed by atoms with Gasteiger partial charge >= 0.3 is 0 Å². The van der Waals surface area contributed by atoms with Gasteiger partial charge in [-0.15, -0.1) is 5.10 Å². The number of H-pyrrole nitrogens is 1. The highest BCUT2D eigenvalue weighted by atomic mass is 16.3. The number of hydrogen-bond donors (Lipinski definition) is 2. The molecule has 2 rings (SSSR count). The summed E-state index contributed by atoms with van der Waals surface area (Å²) in [4.78, 5) is 0. The molecule has 0 aromatic carbocycles. The molecule has 0 spiro atoms. The van der Waals surface area contributed by atoms with Crippen LogP contribution in [0.15, 0.2) is 12.4 Å². The second-order valence-electron chi connectivity index (χ2n) is 3.00. The normalized spacial score (nSPS) is 13.0. The van der Waals surface area contributed by atoms with Gasteiger partial charge in [0.05, 0.1) is 11.9 Å². The molecule has 2 aromatic heterocycles. The molecular formula is C7H10N6O. The summed E-state index contributed by atoms with van der Waals surface area (Å²) in [5, 5.41) is 27.1. The molecular weight excluding hydrogens is 184 g/mol. The molecule has 74 valence electrons. The fraction of sp³-hybridized carbons (Fsp3) is 0.429. The Hall–Kier alpha value is -1.76. The topological polar surface area (TPSA) is 92.5 Å². The van der Waals surface area contributed by atoms with Crippen LogP contribution in [0.4, 0.5) is 0 Å². The van der Waals surface area contributed by atoms with Crippen LogP contribution in [0.5, 0.6) is 0 Å². The Balaban J connectivity index is 2.05. The first kappa shape index (κ1) is 8.82. The first-order valence-electron chi connectivity index (χ1n) is 4.14. The van der Waals surface area contributed by atoms with E-state index in [-0.39, 0.29) is 0 Å². The second kappa shape index (κ2) is 3.54. The van der Waals surface area contributed by atoms with E-state index in [2.05, 4.69) is 25.7 Å². The summed E-state index contributed by atoms with van der Waals surface area (Å²) in [5.41, 5.74) is 1.23. The summed E-state index contributed by atoms with van der Waals surface area (Å²) in [5.74, 6) is 0. The highest BCUT2D eigenvalue weighted by Gasteiger charge is 2.12. The molecule has 7 nitrogen and oxygen atoms in total. The second-order valence-corrected chi connectivity index (χ2v) is 3.00. The number of aromatic nitrogens is 6. The maximum Gasteiger partial charge on any atom is 0.111 e. The summed E-state index contributed by atoms with van der Waals surface area (Å²) >= 11 is 0. The zero-order chi connectivity index (χ0) is 9.97. The summed E-state index contributed by atoms with van der Waals surface area (Å²) in [7, 11) is 1.78. The first-order chi connectivity index (χ1) is 6.75. The van der Waals surface area contributed by atoms with Crippen molar-refractivity contribution in [2.24, 2.45) is 7.05 Å². The van der Waals surface area contributed by atoms with Crippen LogP contribution in [0, 0.1) is 0 Å². The lowest BCUT2D eigenvalue weighted by atomic mass is 10.1. The number of aromatic amines is 1. The maximum absolute atomic E-state index is 9.67. The average molecular weight is 194 g/mol. The number of aryl methyl sites for hydroxylation is 1. The lowest BCUT2D eigenvalue weighted by Gasteiger charge is -2.02. The predicted molar refractivity (Wildman–Crippen MR) is 46.0 cm³/mol. The van der Waals surface area contributed by atoms with Gasteiger partial charge in [0, 0.05) is 19.7 Å². The van der Waals surface area contributed by atoms with E-state index < -0.39 is 6.10 Å². The molecule has 0 aliphatic carbocycles. The molecule has 7 heteroatoms. The van der Waals surface area contributed by atoms with Crippen LogP contribution in [0.2, 0.25) is 0 Å². The molecule has 0 radical (unpaired) electrons. The standard InChI is InChI=1S/C7H10N6O/c1-13-4-5(9-12-13)2-7(14)6-3-8-11-10-6/h3-4,7,14H,2H2,1H3,(H,8,10,11). The van der Waals surface area contributed by atoms with Gasteiger partial charge in [-0.05, 0) is 0 Å². The molecule has 0 fully saturated rings. The molecule has 1 atom stereocenters. The molecule has 0 aliphatic heterocycles. The Labute approximate surface area is 79.8 Å². The summed E-state index contributed by atoms with van der Waals surface area (Å²) in [6.07, 6.45) is 2.94. The van der Waals surface area contributed by atoms with Crippen LogP contribution >= 0.6 is 0 Å². The van der Waals surface area contributed by atoms with E-state index >= 15 is 0 Å². The molecule has 2 aromatic rings. The van der Waals surface area contributed by atoms with Crippen molar-refractivity contribution in [3.8, 4) is 0 Å². The van der Waals surface area contributed by atoms with Crippen molar-refractivity contribution >= 4 is 0 Å². The lowest BCUT2D eigenvalue weighted by molar-refractivity contribution is 0.172. The van der Waals surface area contributed by atoms with Crippen LogP contribution in [0.1, 0.15) is 17.5 Å². The van der Waals surface area contributed by atoms with Crippen molar-refractivity contribution in [2.45, 2.75) is 12.5 Å². The van der Waals surface area contributed by atoms with Gasteiger partial charge in [0.15, 0.2) is 0 Å². The van der Waals surface area contributed by atoms with Gasteiger partial charge in [0.25, 0.3) is 0 Å². The Morgan fingerprint density at radius 2 is 2.50 bits per heavy atom. The monoisotopic (exact) mass is 194 g/mol. The number of aliphatic hydroxyl groups is 1. The molecule has 0 aliphatic rings. The number of aliphatic hydroxyl groups excluding tert-OH is 1. The molecule has 0 saturated heterocycles. The summed E-state index contributed by atoms with van der Waals surface area (Å²) in [6, 6.07) is 0. The van der Waals surface area contributed by atoms with Crippen LogP contribution < -0.4 is 0 Å². The Bertz CT molecular complexity index is 394. The minimum absolute atomic E-state index is 0.389. The SMILES string of the molecule is Cn1cc(CC(O)c2cn[nH]n2)nn1. The van der Waals surface area contributed by atoms with Crippen LogP contribution in [0.25, 0.3) is 0 Å². The van der Waals surface area contributed by atoms with Crippen molar-refractivity contribution in [1.82, 2.24) is 30.4 Å². The molecule has 2 heterocycles. The number of rotatable bonds is 3. The van der Waals surface area contributed by atoms with E-state index in [0.29, 0.717) is 12.1 Å². The molecule has 2 N–H and O–H groups in total. The van der Waals surface area contributed by atoms with E-state index in [9.17, 15) is 5.11 Å². The predicted octanol–water partition coefficient (Wildman–Crippen LogP) is -0.791. The molecule has 0 saturated carbocycles. The fourth-order valence-corrected chi connectivity index (χ4v) is 1.16. The molecule has 0 bridgehead atoms. The van der Waals surface area contributed by atoms with Gasteiger partial charge in [-0.1, -0.05) is 5.21 Å². The third kappa shape index (κ3) is 1.77. The zero-order valence-electron chi connectivity index (χ0n) is 7.62. The maximum atomic E-state index is 9.67. The van der Waals surface area contributed by atoms with Gasteiger partial charge in [-0.25, -0.2) is 0 Å². The van der Waals surface area contributed by atoms with Gasteiger partial charge in [-0.2, -0.15) is 15.4 Å². The lowest BCUT2D eigenvalue weighted by Crippen LogP contribution is -2.02. The minimum atomic E-state index is -0.689. The van der Waals surface area contributed by atoms with E-state index in [0.717, 1.165) is 5.69 Å².